The highest BCUT2D eigenvalue weighted by Crippen LogP contribution is 2.20. The Labute approximate surface area is 111 Å². The molecule has 18 heavy (non-hydrogen) atoms. The van der Waals surface area contributed by atoms with Gasteiger partial charge in [0.15, 0.2) is 0 Å². The maximum Gasteiger partial charge on any atom is 0.0369 e. The van der Waals surface area contributed by atoms with Crippen LogP contribution >= 0.6 is 0 Å². The van der Waals surface area contributed by atoms with Gasteiger partial charge < -0.3 is 10.6 Å². The van der Waals surface area contributed by atoms with Crippen LogP contribution in [0, 0.1) is 13.8 Å². The molecule has 0 spiro atoms. The first-order valence-electron chi connectivity index (χ1n) is 6.88. The van der Waals surface area contributed by atoms with Gasteiger partial charge in [-0.1, -0.05) is 6.07 Å². The van der Waals surface area contributed by atoms with Crippen LogP contribution in [0.3, 0.4) is 0 Å². The molecule has 0 aromatic heterocycles. The molecule has 3 nitrogen and oxygen atoms in total. The van der Waals surface area contributed by atoms with Gasteiger partial charge in [0.2, 0.25) is 0 Å². The molecule has 1 aromatic rings. The molecule has 0 radical (unpaired) electrons. The summed E-state index contributed by atoms with van der Waals surface area (Å²) in [7, 11) is 0. The maximum atomic E-state index is 5.73. The van der Waals surface area contributed by atoms with Crippen LogP contribution < -0.4 is 10.6 Å². The van der Waals surface area contributed by atoms with Gasteiger partial charge in [-0.05, 0) is 44.0 Å². The molecule has 0 saturated carbocycles. The van der Waals surface area contributed by atoms with E-state index < -0.39 is 0 Å². The van der Waals surface area contributed by atoms with Crippen LogP contribution in [0.15, 0.2) is 18.2 Å². The number of piperazine rings is 1. The lowest BCUT2D eigenvalue weighted by Crippen LogP contribution is -2.51. The van der Waals surface area contributed by atoms with Crippen molar-refractivity contribution in [2.75, 3.05) is 37.6 Å². The SMILES string of the molecule is Cc1ccc(N2CCN(C(C)CN)CC2)cc1C. The second-order valence-electron chi connectivity index (χ2n) is 5.38. The summed E-state index contributed by atoms with van der Waals surface area (Å²) >= 11 is 0. The van der Waals surface area contributed by atoms with Crippen molar-refractivity contribution in [3.63, 3.8) is 0 Å². The van der Waals surface area contributed by atoms with Crippen LogP contribution in [0.5, 0.6) is 0 Å². The molecule has 1 heterocycles. The summed E-state index contributed by atoms with van der Waals surface area (Å²) in [5.41, 5.74) is 9.84. The minimum absolute atomic E-state index is 0.506. The average molecular weight is 247 g/mol. The van der Waals surface area contributed by atoms with E-state index in [1.165, 1.54) is 16.8 Å². The number of hydrogen-bond acceptors (Lipinski definition) is 3. The Bertz CT molecular complexity index is 395. The highest BCUT2D eigenvalue weighted by atomic mass is 15.3. The van der Waals surface area contributed by atoms with E-state index in [4.69, 9.17) is 5.73 Å². The number of nitrogens with zero attached hydrogens (tertiary/aromatic N) is 2. The van der Waals surface area contributed by atoms with E-state index in [0.29, 0.717) is 6.04 Å². The molecule has 0 amide bonds. The van der Waals surface area contributed by atoms with Crippen molar-refractivity contribution in [1.29, 1.82) is 0 Å². The minimum atomic E-state index is 0.506. The Morgan fingerprint density at radius 2 is 1.78 bits per heavy atom. The number of hydrogen-bond donors (Lipinski definition) is 1. The molecule has 2 rings (SSSR count). The third-order valence-corrected chi connectivity index (χ3v) is 4.13. The summed E-state index contributed by atoms with van der Waals surface area (Å²) in [5, 5.41) is 0. The van der Waals surface area contributed by atoms with Crippen molar-refractivity contribution in [2.45, 2.75) is 26.8 Å². The van der Waals surface area contributed by atoms with E-state index in [9.17, 15) is 0 Å². The van der Waals surface area contributed by atoms with Crippen molar-refractivity contribution in [2.24, 2.45) is 5.73 Å². The van der Waals surface area contributed by atoms with Gasteiger partial charge in [-0.25, -0.2) is 0 Å². The molecule has 1 unspecified atom stereocenters. The van der Waals surface area contributed by atoms with Crippen LogP contribution in [0.1, 0.15) is 18.1 Å². The Morgan fingerprint density at radius 1 is 1.11 bits per heavy atom. The third-order valence-electron chi connectivity index (χ3n) is 4.13. The summed E-state index contributed by atoms with van der Waals surface area (Å²) in [5.74, 6) is 0. The monoisotopic (exact) mass is 247 g/mol. The summed E-state index contributed by atoms with van der Waals surface area (Å²) in [6, 6.07) is 7.27. The zero-order valence-corrected chi connectivity index (χ0v) is 11.8. The Hall–Kier alpha value is -1.06. The van der Waals surface area contributed by atoms with Crippen molar-refractivity contribution in [3.05, 3.63) is 29.3 Å². The Kier molecular flexibility index (Phi) is 4.25. The van der Waals surface area contributed by atoms with Crippen molar-refractivity contribution in [3.8, 4) is 0 Å². The number of nitrogens with two attached hydrogens (primary N) is 1. The fraction of sp³-hybridized carbons (Fsp3) is 0.600. The van der Waals surface area contributed by atoms with Gasteiger partial charge in [-0.2, -0.15) is 0 Å². The molecule has 3 heteroatoms. The predicted molar refractivity (Wildman–Crippen MR) is 78.2 cm³/mol. The van der Waals surface area contributed by atoms with Crippen LogP contribution in [0.4, 0.5) is 5.69 Å². The summed E-state index contributed by atoms with van der Waals surface area (Å²) in [4.78, 5) is 4.96. The molecule has 1 fully saturated rings. The van der Waals surface area contributed by atoms with Crippen LogP contribution in [0.25, 0.3) is 0 Å². The summed E-state index contributed by atoms with van der Waals surface area (Å²) < 4.78 is 0. The number of aryl methyl sites for hydroxylation is 2. The molecule has 2 N–H and O–H groups in total. The van der Waals surface area contributed by atoms with Crippen molar-refractivity contribution >= 4 is 5.69 Å². The van der Waals surface area contributed by atoms with E-state index in [2.05, 4.69) is 48.8 Å². The second kappa shape index (κ2) is 5.72. The smallest absolute Gasteiger partial charge is 0.0369 e. The highest BCUT2D eigenvalue weighted by Gasteiger charge is 2.20. The van der Waals surface area contributed by atoms with Crippen LogP contribution in [-0.2, 0) is 0 Å². The predicted octanol–water partition coefficient (Wildman–Crippen LogP) is 1.77. The molecular weight excluding hydrogens is 222 g/mol. The van der Waals surface area contributed by atoms with Crippen molar-refractivity contribution < 1.29 is 0 Å². The quantitative estimate of drug-likeness (QED) is 0.883. The van der Waals surface area contributed by atoms with E-state index in [1.807, 2.05) is 0 Å². The van der Waals surface area contributed by atoms with E-state index in [-0.39, 0.29) is 0 Å². The molecule has 0 aliphatic carbocycles. The molecule has 100 valence electrons. The lowest BCUT2D eigenvalue weighted by atomic mass is 10.1. The number of rotatable bonds is 3. The first-order chi connectivity index (χ1) is 8.61. The van der Waals surface area contributed by atoms with Gasteiger partial charge in [0.1, 0.15) is 0 Å². The number of anilines is 1. The zero-order valence-electron chi connectivity index (χ0n) is 11.8. The zero-order chi connectivity index (χ0) is 13.1. The summed E-state index contributed by atoms with van der Waals surface area (Å²) in [6.45, 7) is 11.8. The topological polar surface area (TPSA) is 32.5 Å². The third kappa shape index (κ3) is 2.85. The fourth-order valence-corrected chi connectivity index (χ4v) is 2.49. The standard InChI is InChI=1S/C15H25N3/c1-12-4-5-15(10-13(12)2)18-8-6-17(7-9-18)14(3)11-16/h4-5,10,14H,6-9,11,16H2,1-3H3. The van der Waals surface area contributed by atoms with Gasteiger partial charge in [-0.3, -0.25) is 4.90 Å². The first-order valence-corrected chi connectivity index (χ1v) is 6.88. The Morgan fingerprint density at radius 3 is 2.33 bits per heavy atom. The van der Waals surface area contributed by atoms with Gasteiger partial charge in [-0.15, -0.1) is 0 Å². The molecule has 0 bridgehead atoms. The van der Waals surface area contributed by atoms with Crippen LogP contribution in [0.2, 0.25) is 0 Å². The van der Waals surface area contributed by atoms with Gasteiger partial charge >= 0.3 is 0 Å². The van der Waals surface area contributed by atoms with E-state index in [0.717, 1.165) is 32.7 Å². The van der Waals surface area contributed by atoms with Gasteiger partial charge in [0.05, 0.1) is 0 Å². The second-order valence-corrected chi connectivity index (χ2v) is 5.38. The lowest BCUT2D eigenvalue weighted by Gasteiger charge is -2.39. The average Bonchev–Trinajstić information content (AvgIpc) is 2.41. The molecule has 1 aliphatic heterocycles. The largest absolute Gasteiger partial charge is 0.369 e. The molecular formula is C15H25N3. The van der Waals surface area contributed by atoms with Crippen molar-refractivity contribution in [1.82, 2.24) is 4.90 Å². The lowest BCUT2D eigenvalue weighted by molar-refractivity contribution is 0.201. The molecule has 1 atom stereocenters. The van der Waals surface area contributed by atoms with Gasteiger partial charge in [0.25, 0.3) is 0 Å². The van der Waals surface area contributed by atoms with Crippen LogP contribution in [-0.4, -0.2) is 43.7 Å². The summed E-state index contributed by atoms with van der Waals surface area (Å²) in [6.07, 6.45) is 0. The van der Waals surface area contributed by atoms with E-state index >= 15 is 0 Å². The Balaban J connectivity index is 1.99. The first kappa shape index (κ1) is 13.4. The molecule has 1 saturated heterocycles. The normalized spacial score (nSPS) is 19.0. The fourth-order valence-electron chi connectivity index (χ4n) is 2.49. The number of benzene rings is 1. The minimum Gasteiger partial charge on any atom is -0.369 e. The maximum absolute atomic E-state index is 5.73. The molecule has 1 aromatic carbocycles. The van der Waals surface area contributed by atoms with Gasteiger partial charge in [0, 0.05) is 44.5 Å². The molecule has 1 aliphatic rings. The van der Waals surface area contributed by atoms with E-state index in [1.54, 1.807) is 0 Å². The highest BCUT2D eigenvalue weighted by molar-refractivity contribution is 5.51.